The summed E-state index contributed by atoms with van der Waals surface area (Å²) in [6.45, 7) is 0. The van der Waals surface area contributed by atoms with Crippen molar-refractivity contribution in [3.05, 3.63) is 33.3 Å². The fraction of sp³-hybridized carbons (Fsp3) is 0.300. The number of hydrogen-bond acceptors (Lipinski definition) is 1. The Labute approximate surface area is 80.4 Å². The van der Waals surface area contributed by atoms with Crippen LogP contribution in [0.2, 0.25) is 0 Å². The van der Waals surface area contributed by atoms with Crippen LogP contribution in [0.15, 0.2) is 33.3 Å². The number of allylic oxidation sites excluding steroid dienone is 3. The third kappa shape index (κ3) is 1.93. The molecule has 0 fully saturated rings. The first-order valence-corrected chi connectivity index (χ1v) is 6.43. The smallest absolute Gasteiger partial charge is 0.0388 e. The summed E-state index contributed by atoms with van der Waals surface area (Å²) in [4.78, 5) is 0. The number of hydrogen-bond donors (Lipinski definition) is 0. The fourth-order valence-electron chi connectivity index (χ4n) is 1.20. The number of thioether (sulfide) groups is 1. The second kappa shape index (κ2) is 4.15. The molecule has 0 aromatic heterocycles. The summed E-state index contributed by atoms with van der Waals surface area (Å²) in [5, 5.41) is 7.00. The van der Waals surface area contributed by atoms with Crippen LogP contribution in [0.4, 0.5) is 0 Å². The van der Waals surface area contributed by atoms with Crippen molar-refractivity contribution in [1.29, 1.82) is 0 Å². The maximum absolute atomic E-state index is 2.44. The molecule has 64 valence electrons. The third-order valence-corrected chi connectivity index (χ3v) is 5.11. The van der Waals surface area contributed by atoms with Crippen LogP contribution >= 0.6 is 22.2 Å². The van der Waals surface area contributed by atoms with Crippen molar-refractivity contribution in [1.82, 2.24) is 0 Å². The maximum Gasteiger partial charge on any atom is 0.0388 e. The SMILES string of the molecule is C1=CSC(S2=CCCC=C2)=CC1. The summed E-state index contributed by atoms with van der Waals surface area (Å²) in [6.07, 6.45) is 10.5. The molecule has 0 aromatic rings. The van der Waals surface area contributed by atoms with E-state index >= 15 is 0 Å². The first-order chi connectivity index (χ1) is 5.97. The van der Waals surface area contributed by atoms with Crippen molar-refractivity contribution in [3.63, 3.8) is 0 Å². The first-order valence-electron chi connectivity index (χ1n) is 4.20. The second-order valence-corrected chi connectivity index (χ2v) is 5.73. The zero-order valence-electron chi connectivity index (χ0n) is 6.90. The molecule has 2 heteroatoms. The van der Waals surface area contributed by atoms with E-state index in [1.54, 1.807) is 0 Å². The molecule has 0 nitrogen and oxygen atoms in total. The minimum atomic E-state index is 0.336. The normalized spacial score (nSPS) is 28.0. The lowest BCUT2D eigenvalue weighted by Crippen LogP contribution is -1.84. The first kappa shape index (κ1) is 8.39. The van der Waals surface area contributed by atoms with E-state index < -0.39 is 0 Å². The maximum atomic E-state index is 2.44. The van der Waals surface area contributed by atoms with Gasteiger partial charge < -0.3 is 0 Å². The monoisotopic (exact) mass is 196 g/mol. The van der Waals surface area contributed by atoms with Crippen LogP contribution < -0.4 is 0 Å². The largest absolute Gasteiger partial charge is 0.129 e. The molecular formula is C10H12S2. The van der Waals surface area contributed by atoms with Crippen molar-refractivity contribution in [2.24, 2.45) is 0 Å². The number of rotatable bonds is 1. The van der Waals surface area contributed by atoms with Gasteiger partial charge in [0.15, 0.2) is 0 Å². The summed E-state index contributed by atoms with van der Waals surface area (Å²) in [7, 11) is 0.336. The van der Waals surface area contributed by atoms with E-state index in [1.807, 2.05) is 11.8 Å². The van der Waals surface area contributed by atoms with E-state index in [1.165, 1.54) is 17.1 Å². The molecule has 1 unspecified atom stereocenters. The third-order valence-electron chi connectivity index (χ3n) is 1.81. The molecule has 0 bridgehead atoms. The predicted molar refractivity (Wildman–Crippen MR) is 61.5 cm³/mol. The summed E-state index contributed by atoms with van der Waals surface area (Å²) in [5.74, 6) is 0. The Morgan fingerprint density at radius 2 is 2.25 bits per heavy atom. The molecule has 0 radical (unpaired) electrons. The molecule has 12 heavy (non-hydrogen) atoms. The Bertz CT molecular complexity index is 282. The van der Waals surface area contributed by atoms with E-state index in [-0.39, 0.29) is 0 Å². The highest BCUT2D eigenvalue weighted by Crippen LogP contribution is 2.40. The molecule has 2 heterocycles. The van der Waals surface area contributed by atoms with Gasteiger partial charge in [-0.2, -0.15) is 0 Å². The molecule has 2 rings (SSSR count). The van der Waals surface area contributed by atoms with Crippen molar-refractivity contribution in [2.45, 2.75) is 19.3 Å². The molecule has 0 aliphatic carbocycles. The molecule has 2 aliphatic rings. The van der Waals surface area contributed by atoms with Gasteiger partial charge in [0.2, 0.25) is 0 Å². The quantitative estimate of drug-likeness (QED) is 0.574. The van der Waals surface area contributed by atoms with Gasteiger partial charge in [-0.1, -0.05) is 35.4 Å². The molecule has 1 atom stereocenters. The van der Waals surface area contributed by atoms with Gasteiger partial charge in [-0.05, 0) is 30.1 Å². The summed E-state index contributed by atoms with van der Waals surface area (Å²) in [5.41, 5.74) is 0. The molecule has 0 saturated heterocycles. The fourth-order valence-corrected chi connectivity index (χ4v) is 4.15. The zero-order chi connectivity index (χ0) is 8.23. The van der Waals surface area contributed by atoms with Gasteiger partial charge in [0.1, 0.15) is 0 Å². The van der Waals surface area contributed by atoms with Crippen molar-refractivity contribution < 1.29 is 0 Å². The van der Waals surface area contributed by atoms with Crippen LogP contribution in [-0.4, -0.2) is 5.37 Å². The van der Waals surface area contributed by atoms with Crippen molar-refractivity contribution in [2.75, 3.05) is 0 Å². The zero-order valence-corrected chi connectivity index (χ0v) is 8.53. The van der Waals surface area contributed by atoms with Crippen LogP contribution in [0.25, 0.3) is 0 Å². The molecular weight excluding hydrogens is 184 g/mol. The van der Waals surface area contributed by atoms with Crippen molar-refractivity contribution in [3.8, 4) is 0 Å². The highest BCUT2D eigenvalue weighted by atomic mass is 32.2. The second-order valence-electron chi connectivity index (χ2n) is 2.74. The van der Waals surface area contributed by atoms with Crippen LogP contribution in [0.3, 0.4) is 0 Å². The molecule has 2 aliphatic heterocycles. The van der Waals surface area contributed by atoms with Gasteiger partial charge in [0, 0.05) is 4.24 Å². The van der Waals surface area contributed by atoms with E-state index in [0.29, 0.717) is 10.5 Å². The average Bonchev–Trinajstić information content (AvgIpc) is 2.21. The van der Waals surface area contributed by atoms with Crippen LogP contribution in [0.5, 0.6) is 0 Å². The predicted octanol–water partition coefficient (Wildman–Crippen LogP) is 3.86. The molecule has 0 amide bonds. The summed E-state index contributed by atoms with van der Waals surface area (Å²) in [6, 6.07) is 0. The van der Waals surface area contributed by atoms with E-state index in [2.05, 4.69) is 34.4 Å². The Balaban J connectivity index is 2.13. The lowest BCUT2D eigenvalue weighted by Gasteiger charge is -2.12. The lowest BCUT2D eigenvalue weighted by atomic mass is 10.3. The van der Waals surface area contributed by atoms with Gasteiger partial charge in [-0.15, -0.1) is 10.5 Å². The van der Waals surface area contributed by atoms with E-state index in [0.717, 1.165) is 6.42 Å². The van der Waals surface area contributed by atoms with Gasteiger partial charge in [0.05, 0.1) is 0 Å². The molecule has 0 saturated carbocycles. The Hall–Kier alpha value is -0.210. The Morgan fingerprint density at radius 3 is 2.92 bits per heavy atom. The summed E-state index contributed by atoms with van der Waals surface area (Å²) < 4.78 is 1.54. The molecule has 0 N–H and O–H groups in total. The minimum Gasteiger partial charge on any atom is -0.129 e. The van der Waals surface area contributed by atoms with E-state index in [9.17, 15) is 0 Å². The van der Waals surface area contributed by atoms with Crippen LogP contribution in [0.1, 0.15) is 19.3 Å². The highest BCUT2D eigenvalue weighted by Gasteiger charge is 2.03. The summed E-state index contributed by atoms with van der Waals surface area (Å²) >= 11 is 1.88. The molecule has 0 aromatic carbocycles. The van der Waals surface area contributed by atoms with Gasteiger partial charge >= 0.3 is 0 Å². The van der Waals surface area contributed by atoms with Gasteiger partial charge in [-0.3, -0.25) is 0 Å². The van der Waals surface area contributed by atoms with Crippen molar-refractivity contribution >= 4 is 27.6 Å². The Morgan fingerprint density at radius 1 is 1.25 bits per heavy atom. The van der Waals surface area contributed by atoms with Crippen LogP contribution in [-0.2, 0) is 0 Å². The Kier molecular flexibility index (Phi) is 2.90. The lowest BCUT2D eigenvalue weighted by molar-refractivity contribution is 1.13. The standard InChI is InChI=1S/C10H12S2/c1-4-8-12(9-5-1)10-6-2-3-7-11-10/h3-4,6-9H,1-2,5H2. The minimum absolute atomic E-state index is 0.336. The van der Waals surface area contributed by atoms with Gasteiger partial charge in [-0.25, -0.2) is 0 Å². The van der Waals surface area contributed by atoms with Crippen LogP contribution in [0, 0.1) is 0 Å². The highest BCUT2D eigenvalue weighted by molar-refractivity contribution is 8.33. The van der Waals surface area contributed by atoms with E-state index in [4.69, 9.17) is 0 Å². The van der Waals surface area contributed by atoms with Gasteiger partial charge in [0.25, 0.3) is 0 Å². The molecule has 0 spiro atoms. The average molecular weight is 196 g/mol. The topological polar surface area (TPSA) is 0 Å².